The average molecular weight is 624 g/mol. The van der Waals surface area contributed by atoms with Gasteiger partial charge in [0.2, 0.25) is 0 Å². The molecule has 256 valence electrons. The quantitative estimate of drug-likeness (QED) is 0.0595. The van der Waals surface area contributed by atoms with Gasteiger partial charge in [-0.3, -0.25) is 0 Å². The number of hydrogen-bond acceptors (Lipinski definition) is 3. The molecule has 0 bridgehead atoms. The van der Waals surface area contributed by atoms with Crippen LogP contribution in [0.15, 0.2) is 48.5 Å². The maximum atomic E-state index is 12.3. The van der Waals surface area contributed by atoms with E-state index in [1.807, 2.05) is 24.3 Å². The summed E-state index contributed by atoms with van der Waals surface area (Å²) in [5.74, 6) is 1.12. The molecule has 45 heavy (non-hydrogen) atoms. The van der Waals surface area contributed by atoms with Crippen LogP contribution in [-0.4, -0.2) is 40.0 Å². The molecule has 4 nitrogen and oxygen atoms in total. The summed E-state index contributed by atoms with van der Waals surface area (Å²) in [6, 6.07) is 15.8. The van der Waals surface area contributed by atoms with Crippen LogP contribution in [-0.2, 0) is 12.8 Å². The zero-order valence-corrected chi connectivity index (χ0v) is 30.4. The van der Waals surface area contributed by atoms with Crippen molar-refractivity contribution >= 4 is 7.32 Å². The van der Waals surface area contributed by atoms with E-state index in [9.17, 15) is 5.02 Å². The predicted octanol–water partition coefficient (Wildman–Crippen LogP) is 10.7. The van der Waals surface area contributed by atoms with Crippen LogP contribution < -0.4 is 14.3 Å². The van der Waals surface area contributed by atoms with E-state index in [4.69, 9.17) is 9.31 Å². The number of quaternary nitrogens is 1. The minimum atomic E-state index is -1.57. The van der Waals surface area contributed by atoms with Crippen LogP contribution in [0, 0.1) is 0 Å². The number of rotatable bonds is 26. The molecule has 0 spiro atoms. The molecule has 0 amide bonds. The summed E-state index contributed by atoms with van der Waals surface area (Å²) in [7, 11) is 6.93. The van der Waals surface area contributed by atoms with Gasteiger partial charge in [-0.2, -0.15) is 0 Å². The zero-order valence-electron chi connectivity index (χ0n) is 30.4. The molecule has 2 aromatic carbocycles. The van der Waals surface area contributed by atoms with Crippen molar-refractivity contribution in [3.63, 3.8) is 0 Å². The fraction of sp³-hybridized carbons (Fsp3) is 0.700. The monoisotopic (exact) mass is 624 g/mol. The van der Waals surface area contributed by atoms with Gasteiger partial charge in [0.25, 0.3) is 0 Å². The van der Waals surface area contributed by atoms with E-state index < -0.39 is 7.32 Å². The Morgan fingerprint density at radius 1 is 0.444 bits per heavy atom. The molecule has 0 saturated heterocycles. The molecule has 5 heteroatoms. The highest BCUT2D eigenvalue weighted by Gasteiger charge is 2.07. The van der Waals surface area contributed by atoms with E-state index in [1.165, 1.54) is 140 Å². The van der Waals surface area contributed by atoms with Gasteiger partial charge in [-0.15, -0.1) is 0 Å². The maximum Gasteiger partial charge on any atom is 0.492 e. The lowest BCUT2D eigenvalue weighted by Gasteiger charge is -2.21. The number of hydrogen-bond donors (Lipinski definition) is 0. The van der Waals surface area contributed by atoms with Crippen molar-refractivity contribution in [2.75, 3.05) is 28.2 Å². The Labute approximate surface area is 280 Å². The van der Waals surface area contributed by atoms with Gasteiger partial charge in [-0.1, -0.05) is 154 Å². The minimum Gasteiger partial charge on any atom is -0.808 e. The van der Waals surface area contributed by atoms with Gasteiger partial charge in [0.1, 0.15) is 11.5 Å². The van der Waals surface area contributed by atoms with Crippen molar-refractivity contribution in [2.24, 2.45) is 0 Å². The molecule has 0 unspecified atom stereocenters. The molecule has 0 fully saturated rings. The van der Waals surface area contributed by atoms with Crippen molar-refractivity contribution in [3.05, 3.63) is 59.7 Å². The van der Waals surface area contributed by atoms with Gasteiger partial charge in [-0.05, 0) is 61.1 Å². The summed E-state index contributed by atoms with van der Waals surface area (Å²) in [5, 5.41) is 12.3. The third kappa shape index (κ3) is 26.9. The Morgan fingerprint density at radius 3 is 0.956 bits per heavy atom. The molecular formula is C40H70BNO3. The van der Waals surface area contributed by atoms with Crippen LogP contribution in [0.25, 0.3) is 0 Å². The van der Waals surface area contributed by atoms with Gasteiger partial charge >= 0.3 is 7.32 Å². The SMILES string of the molecule is CCCCCCCCCCCCc1ccc(OB([O-])Oc2ccc(CCCCCCCCCCCC)cc2)cc1.C[N+](C)(C)C. The second kappa shape index (κ2) is 27.2. The number of nitrogens with zero attached hydrogens (tertiary/aromatic N) is 1. The molecule has 0 atom stereocenters. The van der Waals surface area contributed by atoms with Crippen LogP contribution in [0.2, 0.25) is 0 Å². The minimum absolute atomic E-state index is 0.560. The topological polar surface area (TPSA) is 41.5 Å². The Bertz CT molecular complexity index is 835. The Kier molecular flexibility index (Phi) is 24.8. The first-order valence-corrected chi connectivity index (χ1v) is 18.7. The molecule has 0 aromatic heterocycles. The van der Waals surface area contributed by atoms with Crippen LogP contribution in [0.1, 0.15) is 153 Å². The van der Waals surface area contributed by atoms with E-state index in [0.29, 0.717) is 11.5 Å². The van der Waals surface area contributed by atoms with Crippen molar-refractivity contribution < 1.29 is 18.8 Å². The summed E-state index contributed by atoms with van der Waals surface area (Å²) >= 11 is 0. The van der Waals surface area contributed by atoms with Gasteiger partial charge in [0.05, 0.1) is 28.2 Å². The maximum absolute atomic E-state index is 12.3. The summed E-state index contributed by atoms with van der Waals surface area (Å²) in [4.78, 5) is 0. The smallest absolute Gasteiger partial charge is 0.492 e. The standard InChI is InChI=1S/C36H58BO3.C4H12N/c1-3-5-7-9-11-13-15-17-19-21-23-33-25-29-35(30-26-33)39-37(38)40-36-31-27-34(28-32-36)24-22-20-18-16-14-12-10-8-6-4-2;1-5(2,3)4/h25-32H,3-24H2,1-2H3;1-4H3/q-1;+1. The second-order valence-electron chi connectivity index (χ2n) is 14.4. The van der Waals surface area contributed by atoms with Crippen LogP contribution in [0.3, 0.4) is 0 Å². The highest BCUT2D eigenvalue weighted by Crippen LogP contribution is 2.19. The summed E-state index contributed by atoms with van der Waals surface area (Å²) in [6.45, 7) is 4.55. The fourth-order valence-electron chi connectivity index (χ4n) is 5.35. The lowest BCUT2D eigenvalue weighted by Crippen LogP contribution is -2.43. The summed E-state index contributed by atoms with van der Waals surface area (Å²) < 4.78 is 11.9. The fourth-order valence-corrected chi connectivity index (χ4v) is 5.35. The van der Waals surface area contributed by atoms with Crippen molar-refractivity contribution in [1.82, 2.24) is 0 Å². The van der Waals surface area contributed by atoms with Crippen LogP contribution >= 0.6 is 0 Å². The first-order valence-electron chi connectivity index (χ1n) is 18.7. The van der Waals surface area contributed by atoms with Gasteiger partial charge < -0.3 is 18.8 Å². The zero-order chi connectivity index (χ0) is 33.0. The van der Waals surface area contributed by atoms with Crippen molar-refractivity contribution in [3.8, 4) is 11.5 Å². The molecule has 0 N–H and O–H groups in total. The molecule has 0 saturated carbocycles. The van der Waals surface area contributed by atoms with Gasteiger partial charge in [0.15, 0.2) is 0 Å². The van der Waals surface area contributed by atoms with Gasteiger partial charge in [-0.25, -0.2) is 0 Å². The Morgan fingerprint density at radius 2 is 0.689 bits per heavy atom. The van der Waals surface area contributed by atoms with Crippen molar-refractivity contribution in [1.29, 1.82) is 0 Å². The number of unbranched alkanes of at least 4 members (excludes halogenated alkanes) is 18. The molecule has 2 aromatic rings. The molecule has 0 aliphatic rings. The van der Waals surface area contributed by atoms with Gasteiger partial charge in [0, 0.05) is 0 Å². The largest absolute Gasteiger partial charge is 0.808 e. The lowest BCUT2D eigenvalue weighted by molar-refractivity contribution is -0.849. The predicted molar refractivity (Wildman–Crippen MR) is 195 cm³/mol. The van der Waals surface area contributed by atoms with Crippen LogP contribution in [0.4, 0.5) is 0 Å². The first-order chi connectivity index (χ1) is 21.7. The molecule has 2 rings (SSSR count). The van der Waals surface area contributed by atoms with Crippen molar-refractivity contribution in [2.45, 2.75) is 155 Å². The third-order valence-electron chi connectivity index (χ3n) is 7.95. The molecule has 0 aliphatic carbocycles. The molecular weight excluding hydrogens is 553 g/mol. The average Bonchev–Trinajstić information content (AvgIpc) is 3.00. The van der Waals surface area contributed by atoms with E-state index in [1.54, 1.807) is 0 Å². The van der Waals surface area contributed by atoms with E-state index >= 15 is 0 Å². The summed E-state index contributed by atoms with van der Waals surface area (Å²) in [5.41, 5.74) is 2.60. The van der Waals surface area contributed by atoms with Crippen LogP contribution in [0.5, 0.6) is 11.5 Å². The Hall–Kier alpha value is -1.98. The highest BCUT2D eigenvalue weighted by atomic mass is 16.7. The normalized spacial score (nSPS) is 11.2. The van der Waals surface area contributed by atoms with E-state index in [0.717, 1.165) is 17.3 Å². The molecule has 0 heterocycles. The number of aryl methyl sites for hydroxylation is 2. The lowest BCUT2D eigenvalue weighted by atomic mass is 10.0. The molecule has 0 aliphatic heterocycles. The number of benzene rings is 2. The second-order valence-corrected chi connectivity index (χ2v) is 14.4. The van der Waals surface area contributed by atoms with E-state index in [-0.39, 0.29) is 0 Å². The first kappa shape index (κ1) is 41.0. The van der Waals surface area contributed by atoms with E-state index in [2.05, 4.69) is 66.3 Å². The molecule has 0 radical (unpaired) electrons. The summed E-state index contributed by atoms with van der Waals surface area (Å²) in [6.07, 6.45) is 29.2. The third-order valence-corrected chi connectivity index (χ3v) is 7.95. The Balaban J connectivity index is 0.00000187. The highest BCUT2D eigenvalue weighted by molar-refractivity contribution is 6.34.